The average molecular weight is 324 g/mol. The van der Waals surface area contributed by atoms with Crippen LogP contribution < -0.4 is 0 Å². The van der Waals surface area contributed by atoms with Crippen LogP contribution in [-0.4, -0.2) is 63.0 Å². The number of hydrogen-bond donors (Lipinski definition) is 2. The lowest BCUT2D eigenvalue weighted by atomic mass is 9.75. The van der Waals surface area contributed by atoms with Gasteiger partial charge < -0.3 is 24.3 Å². The van der Waals surface area contributed by atoms with Crippen LogP contribution >= 0.6 is 0 Å². The number of ether oxygens (including phenoxy) is 1. The number of nitrogens with zero attached hydrogens (tertiary/aromatic N) is 2. The number of carbonyl (C=O) groups is 1. The van der Waals surface area contributed by atoms with Gasteiger partial charge in [-0.15, -0.1) is 0 Å². The summed E-state index contributed by atoms with van der Waals surface area (Å²) in [5.41, 5.74) is -1.55. The number of hydrogen-bond acceptors (Lipinski definition) is 6. The van der Waals surface area contributed by atoms with Crippen molar-refractivity contribution in [3.8, 4) is 0 Å². The van der Waals surface area contributed by atoms with Gasteiger partial charge in [-0.1, -0.05) is 6.92 Å². The Bertz CT molecular complexity index is 575. The van der Waals surface area contributed by atoms with E-state index in [4.69, 9.17) is 9.15 Å². The molecule has 7 heteroatoms. The van der Waals surface area contributed by atoms with Gasteiger partial charge in [-0.25, -0.2) is 4.98 Å². The molecule has 1 spiro atoms. The number of aryl methyl sites for hydroxylation is 1. The van der Waals surface area contributed by atoms with Gasteiger partial charge in [0, 0.05) is 25.9 Å². The number of rotatable bonds is 2. The van der Waals surface area contributed by atoms with Crippen molar-refractivity contribution in [2.45, 2.75) is 56.8 Å². The molecule has 2 N–H and O–H groups in total. The first kappa shape index (κ1) is 16.4. The van der Waals surface area contributed by atoms with Gasteiger partial charge in [0.05, 0.1) is 12.2 Å². The zero-order chi connectivity index (χ0) is 16.7. The highest BCUT2D eigenvalue weighted by molar-refractivity contribution is 5.93. The predicted molar refractivity (Wildman–Crippen MR) is 80.9 cm³/mol. The Hall–Kier alpha value is -1.44. The van der Waals surface area contributed by atoms with Gasteiger partial charge in [0.2, 0.25) is 0 Å². The van der Waals surface area contributed by atoms with Gasteiger partial charge in [-0.05, 0) is 19.8 Å². The number of amides is 1. The Labute approximate surface area is 135 Å². The van der Waals surface area contributed by atoms with Crippen LogP contribution in [0, 0.1) is 0 Å². The van der Waals surface area contributed by atoms with Gasteiger partial charge in [0.25, 0.3) is 5.91 Å². The Kier molecular flexibility index (Phi) is 4.20. The van der Waals surface area contributed by atoms with Crippen molar-refractivity contribution in [1.29, 1.82) is 0 Å². The van der Waals surface area contributed by atoms with E-state index in [1.54, 1.807) is 11.8 Å². The molecule has 3 rings (SSSR count). The number of likely N-dealkylation sites (tertiary alicyclic amines) is 1. The summed E-state index contributed by atoms with van der Waals surface area (Å²) in [6.07, 6.45) is 2.37. The summed E-state index contributed by atoms with van der Waals surface area (Å²) in [5, 5.41) is 20.8. The molecule has 2 aliphatic rings. The third-order valence-electron chi connectivity index (χ3n) is 5.15. The van der Waals surface area contributed by atoms with E-state index in [2.05, 4.69) is 4.98 Å². The van der Waals surface area contributed by atoms with Crippen LogP contribution in [0.2, 0.25) is 0 Å². The fraction of sp³-hybridized carbons (Fsp3) is 0.750. The average Bonchev–Trinajstić information content (AvgIpc) is 3.01. The minimum absolute atomic E-state index is 0.150. The van der Waals surface area contributed by atoms with Crippen molar-refractivity contribution in [1.82, 2.24) is 9.88 Å². The molecule has 2 saturated heterocycles. The summed E-state index contributed by atoms with van der Waals surface area (Å²) in [6, 6.07) is 0. The highest BCUT2D eigenvalue weighted by atomic mass is 16.5. The first-order chi connectivity index (χ1) is 10.9. The van der Waals surface area contributed by atoms with Gasteiger partial charge >= 0.3 is 0 Å². The van der Waals surface area contributed by atoms with E-state index in [0.29, 0.717) is 56.8 Å². The molecule has 0 aliphatic carbocycles. The minimum atomic E-state index is -1.15. The van der Waals surface area contributed by atoms with Gasteiger partial charge in [0.1, 0.15) is 17.5 Å². The second-order valence-corrected chi connectivity index (χ2v) is 6.69. The van der Waals surface area contributed by atoms with Gasteiger partial charge in [-0.2, -0.15) is 0 Å². The monoisotopic (exact) mass is 324 g/mol. The largest absolute Gasteiger partial charge is 0.448 e. The van der Waals surface area contributed by atoms with Gasteiger partial charge in [-0.3, -0.25) is 4.79 Å². The standard InChI is InChI=1S/C16H24N2O5/c1-3-11-12(17-10-22-11)13(19)18-7-4-16(5-8-18)14(20)15(2,21)6-9-23-16/h10,14,20-21H,3-9H2,1-2H3/t14-,15+/m0/s1. The third kappa shape index (κ3) is 2.77. The first-order valence-electron chi connectivity index (χ1n) is 8.16. The lowest BCUT2D eigenvalue weighted by Crippen LogP contribution is -2.64. The molecule has 2 atom stereocenters. The molecule has 7 nitrogen and oxygen atoms in total. The molecule has 1 amide bonds. The van der Waals surface area contributed by atoms with Crippen LogP contribution in [0.4, 0.5) is 0 Å². The number of oxazole rings is 1. The van der Waals surface area contributed by atoms with E-state index in [1.165, 1.54) is 6.39 Å². The Morgan fingerprint density at radius 1 is 1.43 bits per heavy atom. The van der Waals surface area contributed by atoms with E-state index < -0.39 is 17.3 Å². The molecular weight excluding hydrogens is 300 g/mol. The maximum Gasteiger partial charge on any atom is 0.276 e. The van der Waals surface area contributed by atoms with Crippen LogP contribution in [0.25, 0.3) is 0 Å². The van der Waals surface area contributed by atoms with E-state index in [0.717, 1.165) is 0 Å². The molecule has 1 aromatic heterocycles. The highest BCUT2D eigenvalue weighted by Gasteiger charge is 2.53. The summed E-state index contributed by atoms with van der Waals surface area (Å²) in [6.45, 7) is 4.89. The summed E-state index contributed by atoms with van der Waals surface area (Å²) < 4.78 is 11.1. The SMILES string of the molecule is CCc1ocnc1C(=O)N1CCC2(CC1)OCC[C@@](C)(O)[C@@H]2O. The second-order valence-electron chi connectivity index (χ2n) is 6.69. The molecule has 0 aromatic carbocycles. The van der Waals surface area contributed by atoms with E-state index in [9.17, 15) is 15.0 Å². The number of carbonyl (C=O) groups excluding carboxylic acids is 1. The van der Waals surface area contributed by atoms with Crippen LogP contribution in [0.3, 0.4) is 0 Å². The lowest BCUT2D eigenvalue weighted by molar-refractivity contribution is -0.244. The summed E-state index contributed by atoms with van der Waals surface area (Å²) in [4.78, 5) is 18.3. The number of piperidine rings is 1. The van der Waals surface area contributed by atoms with Crippen LogP contribution in [0.15, 0.2) is 10.8 Å². The first-order valence-corrected chi connectivity index (χ1v) is 8.16. The highest BCUT2D eigenvalue weighted by Crippen LogP contribution is 2.40. The molecular formula is C16H24N2O5. The molecule has 0 bridgehead atoms. The maximum absolute atomic E-state index is 12.6. The van der Waals surface area contributed by atoms with Crippen molar-refractivity contribution in [3.05, 3.63) is 17.8 Å². The zero-order valence-electron chi connectivity index (χ0n) is 13.6. The maximum atomic E-state index is 12.6. The molecule has 2 fully saturated rings. The number of aliphatic hydroxyl groups excluding tert-OH is 1. The quantitative estimate of drug-likeness (QED) is 0.833. The Morgan fingerprint density at radius 2 is 2.13 bits per heavy atom. The fourth-order valence-electron chi connectivity index (χ4n) is 3.59. The topological polar surface area (TPSA) is 96.0 Å². The Morgan fingerprint density at radius 3 is 2.78 bits per heavy atom. The molecule has 2 aliphatic heterocycles. The summed E-state index contributed by atoms with van der Waals surface area (Å²) in [7, 11) is 0. The van der Waals surface area contributed by atoms with Crippen molar-refractivity contribution in [3.63, 3.8) is 0 Å². The minimum Gasteiger partial charge on any atom is -0.448 e. The molecule has 0 radical (unpaired) electrons. The zero-order valence-corrected chi connectivity index (χ0v) is 13.6. The van der Waals surface area contributed by atoms with E-state index >= 15 is 0 Å². The molecule has 128 valence electrons. The van der Waals surface area contributed by atoms with Crippen molar-refractivity contribution in [2.75, 3.05) is 19.7 Å². The smallest absolute Gasteiger partial charge is 0.276 e. The third-order valence-corrected chi connectivity index (χ3v) is 5.15. The lowest BCUT2D eigenvalue weighted by Gasteiger charge is -2.51. The fourth-order valence-corrected chi connectivity index (χ4v) is 3.59. The normalized spacial score (nSPS) is 30.6. The Balaban J connectivity index is 1.70. The second kappa shape index (κ2) is 5.89. The van der Waals surface area contributed by atoms with Crippen molar-refractivity contribution < 1.29 is 24.2 Å². The van der Waals surface area contributed by atoms with E-state index in [-0.39, 0.29) is 5.91 Å². The van der Waals surface area contributed by atoms with Crippen LogP contribution in [0.1, 0.15) is 49.4 Å². The van der Waals surface area contributed by atoms with Gasteiger partial charge in [0.15, 0.2) is 12.1 Å². The number of aliphatic hydroxyl groups is 2. The molecule has 23 heavy (non-hydrogen) atoms. The molecule has 0 saturated carbocycles. The number of aromatic nitrogens is 1. The van der Waals surface area contributed by atoms with Crippen LogP contribution in [0.5, 0.6) is 0 Å². The van der Waals surface area contributed by atoms with Crippen molar-refractivity contribution in [2.24, 2.45) is 0 Å². The molecule has 1 aromatic rings. The molecule has 0 unspecified atom stereocenters. The van der Waals surface area contributed by atoms with Crippen LogP contribution in [-0.2, 0) is 11.2 Å². The van der Waals surface area contributed by atoms with E-state index in [1.807, 2.05) is 6.92 Å². The summed E-state index contributed by atoms with van der Waals surface area (Å²) >= 11 is 0. The molecule has 3 heterocycles. The van der Waals surface area contributed by atoms with Crippen molar-refractivity contribution >= 4 is 5.91 Å². The predicted octanol–water partition coefficient (Wildman–Crippen LogP) is 0.744. The summed E-state index contributed by atoms with van der Waals surface area (Å²) in [5.74, 6) is 0.440.